The number of aromatic nitrogens is 2. The third-order valence-electron chi connectivity index (χ3n) is 4.21. The second-order valence-electron chi connectivity index (χ2n) is 6.28. The van der Waals surface area contributed by atoms with E-state index >= 15 is 0 Å². The van der Waals surface area contributed by atoms with Crippen LogP contribution in [0.15, 0.2) is 71.1 Å². The van der Waals surface area contributed by atoms with Gasteiger partial charge in [-0.15, -0.1) is 6.58 Å². The number of halogens is 1. The van der Waals surface area contributed by atoms with Crippen LogP contribution in [0, 0.1) is 0 Å². The lowest BCUT2D eigenvalue weighted by Crippen LogP contribution is -2.28. The molecule has 0 saturated carbocycles. The van der Waals surface area contributed by atoms with Crippen LogP contribution in [0.2, 0.25) is 5.02 Å². The highest BCUT2D eigenvalue weighted by Gasteiger charge is 2.15. The first-order valence-electron chi connectivity index (χ1n) is 8.71. The lowest BCUT2D eigenvalue weighted by molar-refractivity contribution is -0.127. The maximum absolute atomic E-state index is 12.8. The number of nitrogens with zero attached hydrogens (tertiary/aromatic N) is 3. The first-order valence-corrected chi connectivity index (χ1v) is 10.1. The molecular formula is C21H20ClN3O2S. The van der Waals surface area contributed by atoms with Crippen LogP contribution in [-0.4, -0.2) is 33.2 Å². The van der Waals surface area contributed by atoms with Crippen molar-refractivity contribution in [2.24, 2.45) is 0 Å². The molecule has 2 aromatic carbocycles. The smallest absolute Gasteiger partial charge is 0.262 e. The lowest BCUT2D eigenvalue weighted by Gasteiger charge is -2.17. The normalized spacial score (nSPS) is 10.8. The molecule has 1 aromatic heterocycles. The monoisotopic (exact) mass is 413 g/mol. The molecule has 0 atom stereocenters. The Kier molecular flexibility index (Phi) is 6.54. The number of hydrogen-bond donors (Lipinski definition) is 0. The summed E-state index contributed by atoms with van der Waals surface area (Å²) in [6.07, 6.45) is 1.64. The lowest BCUT2D eigenvalue weighted by atomic mass is 10.2. The van der Waals surface area contributed by atoms with E-state index < -0.39 is 0 Å². The molecule has 7 heteroatoms. The molecule has 0 aliphatic heterocycles. The Morgan fingerprint density at radius 1 is 1.29 bits per heavy atom. The van der Waals surface area contributed by atoms with Gasteiger partial charge in [-0.1, -0.05) is 59.8 Å². The van der Waals surface area contributed by atoms with Crippen LogP contribution in [0.3, 0.4) is 0 Å². The predicted molar refractivity (Wildman–Crippen MR) is 115 cm³/mol. The zero-order valence-electron chi connectivity index (χ0n) is 15.5. The van der Waals surface area contributed by atoms with Gasteiger partial charge in [-0.05, 0) is 23.8 Å². The molecule has 0 aliphatic carbocycles. The van der Waals surface area contributed by atoms with E-state index in [1.807, 2.05) is 30.3 Å². The average Bonchev–Trinajstić information content (AvgIpc) is 2.69. The molecule has 1 amide bonds. The molecule has 0 saturated heterocycles. The molecule has 0 spiro atoms. The zero-order valence-corrected chi connectivity index (χ0v) is 17.0. The molecule has 0 aliphatic rings. The molecule has 5 nitrogen and oxygen atoms in total. The maximum atomic E-state index is 12.8. The van der Waals surface area contributed by atoms with E-state index in [4.69, 9.17) is 11.6 Å². The number of fused-ring (bicyclic) bond motifs is 1. The van der Waals surface area contributed by atoms with Crippen LogP contribution in [0.5, 0.6) is 0 Å². The first-order chi connectivity index (χ1) is 13.5. The minimum atomic E-state index is -0.172. The van der Waals surface area contributed by atoms with Crippen molar-refractivity contribution in [1.29, 1.82) is 0 Å². The number of benzene rings is 2. The van der Waals surface area contributed by atoms with Gasteiger partial charge in [0.05, 0.1) is 16.7 Å². The number of amides is 1. The summed E-state index contributed by atoms with van der Waals surface area (Å²) >= 11 is 7.28. The van der Waals surface area contributed by atoms with Crippen molar-refractivity contribution in [3.05, 3.63) is 82.1 Å². The van der Waals surface area contributed by atoms with Gasteiger partial charge in [0.1, 0.15) is 0 Å². The quantitative estimate of drug-likeness (QED) is 0.334. The molecule has 0 N–H and O–H groups in total. The maximum Gasteiger partial charge on any atom is 0.262 e. The van der Waals surface area contributed by atoms with Crippen molar-refractivity contribution in [1.82, 2.24) is 14.5 Å². The Balaban J connectivity index is 1.80. The van der Waals surface area contributed by atoms with Gasteiger partial charge in [-0.25, -0.2) is 4.98 Å². The summed E-state index contributed by atoms with van der Waals surface area (Å²) in [5, 5.41) is 1.47. The number of carbonyl (C=O) groups is 1. The van der Waals surface area contributed by atoms with Crippen molar-refractivity contribution in [3.63, 3.8) is 0 Å². The molecule has 3 rings (SSSR count). The van der Waals surface area contributed by atoms with Gasteiger partial charge in [-0.3, -0.25) is 14.2 Å². The minimum Gasteiger partial charge on any atom is -0.341 e. The molecule has 0 unspecified atom stereocenters. The molecule has 0 radical (unpaired) electrons. The molecule has 28 heavy (non-hydrogen) atoms. The van der Waals surface area contributed by atoms with E-state index in [2.05, 4.69) is 11.6 Å². The summed E-state index contributed by atoms with van der Waals surface area (Å²) in [4.78, 5) is 31.6. The SMILES string of the molecule is C=CCn1c(SCC(=O)N(C)Cc2ccccc2)nc2cc(Cl)ccc2c1=O. The first kappa shape index (κ1) is 20.2. The standard InChI is InChI=1S/C21H20ClN3O2S/c1-3-11-25-20(27)17-10-9-16(22)12-18(17)23-21(25)28-14-19(26)24(2)13-15-7-5-4-6-8-15/h3-10,12H,1,11,13-14H2,2H3. The third kappa shape index (κ3) is 4.64. The van der Waals surface area contributed by atoms with Gasteiger partial charge in [0, 0.05) is 25.2 Å². The van der Waals surface area contributed by atoms with E-state index in [1.165, 1.54) is 16.3 Å². The van der Waals surface area contributed by atoms with Crippen LogP contribution in [0.25, 0.3) is 10.9 Å². The molecule has 0 fully saturated rings. The van der Waals surface area contributed by atoms with E-state index in [1.54, 1.807) is 36.2 Å². The van der Waals surface area contributed by atoms with Crippen molar-refractivity contribution in [3.8, 4) is 0 Å². The molecular weight excluding hydrogens is 394 g/mol. The van der Waals surface area contributed by atoms with Crippen molar-refractivity contribution < 1.29 is 4.79 Å². The Bertz CT molecular complexity index is 1070. The molecule has 0 bridgehead atoms. The summed E-state index contributed by atoms with van der Waals surface area (Å²) in [6.45, 7) is 4.56. The van der Waals surface area contributed by atoms with E-state index in [0.717, 1.165) is 5.56 Å². The highest BCUT2D eigenvalue weighted by Crippen LogP contribution is 2.21. The van der Waals surface area contributed by atoms with Crippen LogP contribution < -0.4 is 5.56 Å². The molecule has 144 valence electrons. The van der Waals surface area contributed by atoms with Crippen molar-refractivity contribution >= 4 is 40.2 Å². The van der Waals surface area contributed by atoms with Gasteiger partial charge in [-0.2, -0.15) is 0 Å². The largest absolute Gasteiger partial charge is 0.341 e. The topological polar surface area (TPSA) is 55.2 Å². The fourth-order valence-corrected chi connectivity index (χ4v) is 3.87. The summed E-state index contributed by atoms with van der Waals surface area (Å²) < 4.78 is 1.53. The Morgan fingerprint density at radius 2 is 2.04 bits per heavy atom. The molecule has 1 heterocycles. The fourth-order valence-electron chi connectivity index (χ4n) is 2.76. The third-order valence-corrected chi connectivity index (χ3v) is 5.40. The minimum absolute atomic E-state index is 0.0422. The Labute approximate surface area is 172 Å². The number of allylic oxidation sites excluding steroid dienone is 1. The van der Waals surface area contributed by atoms with Crippen LogP contribution in [-0.2, 0) is 17.9 Å². The number of rotatable bonds is 7. The zero-order chi connectivity index (χ0) is 20.1. The molecule has 3 aromatic rings. The highest BCUT2D eigenvalue weighted by molar-refractivity contribution is 7.99. The summed E-state index contributed by atoms with van der Waals surface area (Å²) in [6, 6.07) is 14.8. The van der Waals surface area contributed by atoms with E-state index in [-0.39, 0.29) is 17.2 Å². The Hall–Kier alpha value is -2.57. The van der Waals surface area contributed by atoms with E-state index in [9.17, 15) is 9.59 Å². The fraction of sp³-hybridized carbons (Fsp3) is 0.190. The number of thioether (sulfide) groups is 1. The van der Waals surface area contributed by atoms with Crippen LogP contribution >= 0.6 is 23.4 Å². The van der Waals surface area contributed by atoms with Gasteiger partial charge < -0.3 is 4.90 Å². The average molecular weight is 414 g/mol. The number of hydrogen-bond acceptors (Lipinski definition) is 4. The van der Waals surface area contributed by atoms with Gasteiger partial charge >= 0.3 is 0 Å². The van der Waals surface area contributed by atoms with Gasteiger partial charge in [0.2, 0.25) is 5.91 Å². The predicted octanol–water partition coefficient (Wildman–Crippen LogP) is 3.99. The second-order valence-corrected chi connectivity index (χ2v) is 7.66. The van der Waals surface area contributed by atoms with Crippen molar-refractivity contribution in [2.45, 2.75) is 18.2 Å². The van der Waals surface area contributed by atoms with Gasteiger partial charge in [0.15, 0.2) is 5.16 Å². The summed E-state index contributed by atoms with van der Waals surface area (Å²) in [5.74, 6) is 0.137. The highest BCUT2D eigenvalue weighted by atomic mass is 35.5. The summed E-state index contributed by atoms with van der Waals surface area (Å²) in [7, 11) is 1.76. The number of carbonyl (C=O) groups excluding carboxylic acids is 1. The second kappa shape index (κ2) is 9.08. The van der Waals surface area contributed by atoms with E-state index in [0.29, 0.717) is 34.2 Å². The van der Waals surface area contributed by atoms with Crippen LogP contribution in [0.1, 0.15) is 5.56 Å². The van der Waals surface area contributed by atoms with Crippen molar-refractivity contribution in [2.75, 3.05) is 12.8 Å². The van der Waals surface area contributed by atoms with Gasteiger partial charge in [0.25, 0.3) is 5.56 Å². The summed E-state index contributed by atoms with van der Waals surface area (Å²) in [5.41, 5.74) is 1.41. The van der Waals surface area contributed by atoms with Crippen LogP contribution in [0.4, 0.5) is 0 Å². The Morgan fingerprint density at radius 3 is 2.75 bits per heavy atom.